The topological polar surface area (TPSA) is 80.1 Å². The number of benzene rings is 2. The molecular weight excluding hydrogens is 403 g/mol. The zero-order chi connectivity index (χ0) is 18.7. The molecule has 1 aromatic heterocycles. The zero-order valence-corrected chi connectivity index (χ0v) is 14.7. The van der Waals surface area contributed by atoms with Gasteiger partial charge >= 0.3 is 0 Å². The van der Waals surface area contributed by atoms with Crippen molar-refractivity contribution in [3.63, 3.8) is 0 Å². The van der Waals surface area contributed by atoms with Crippen LogP contribution in [0, 0.1) is 27.3 Å². The highest BCUT2D eigenvalue weighted by atomic mass is 79.9. The minimum Gasteiger partial charge on any atom is -0.457 e. The van der Waals surface area contributed by atoms with Crippen LogP contribution in [0.2, 0.25) is 0 Å². The van der Waals surface area contributed by atoms with Gasteiger partial charge in [-0.25, -0.2) is 4.39 Å². The van der Waals surface area contributed by atoms with Crippen molar-refractivity contribution in [1.82, 2.24) is 0 Å². The van der Waals surface area contributed by atoms with E-state index in [1.807, 2.05) is 6.07 Å². The van der Waals surface area contributed by atoms with E-state index < -0.39 is 10.7 Å². The standard InChI is InChI=1S/C19H10BrFN2O3/c20-18-10-15(23(24)25)4-6-17(18)19-7-5-16(26-19)9-13(11-22)12-2-1-3-14(21)8-12/h1-10H/b13-9+. The van der Waals surface area contributed by atoms with E-state index in [0.29, 0.717) is 27.1 Å². The number of nitriles is 1. The van der Waals surface area contributed by atoms with E-state index in [9.17, 15) is 19.8 Å². The van der Waals surface area contributed by atoms with E-state index in [1.54, 1.807) is 24.3 Å². The summed E-state index contributed by atoms with van der Waals surface area (Å²) in [5.41, 5.74) is 1.31. The van der Waals surface area contributed by atoms with Gasteiger partial charge in [-0.3, -0.25) is 10.1 Å². The van der Waals surface area contributed by atoms with Crippen molar-refractivity contribution in [1.29, 1.82) is 5.26 Å². The number of halogens is 2. The van der Waals surface area contributed by atoms with E-state index in [4.69, 9.17) is 4.42 Å². The Bertz CT molecular complexity index is 1070. The second kappa shape index (κ2) is 7.33. The van der Waals surface area contributed by atoms with Crippen LogP contribution in [-0.2, 0) is 0 Å². The van der Waals surface area contributed by atoms with Gasteiger partial charge in [-0.05, 0) is 57.9 Å². The van der Waals surface area contributed by atoms with Crippen molar-refractivity contribution in [2.45, 2.75) is 0 Å². The van der Waals surface area contributed by atoms with Crippen molar-refractivity contribution in [3.05, 3.63) is 86.3 Å². The molecule has 3 aromatic rings. The predicted octanol–water partition coefficient (Wildman–Crippen LogP) is 5.82. The predicted molar refractivity (Wildman–Crippen MR) is 98.4 cm³/mol. The highest BCUT2D eigenvalue weighted by Crippen LogP contribution is 2.33. The molecule has 128 valence electrons. The number of hydrogen-bond donors (Lipinski definition) is 0. The number of nitrogens with zero attached hydrogens (tertiary/aromatic N) is 2. The van der Waals surface area contributed by atoms with E-state index in [2.05, 4.69) is 15.9 Å². The zero-order valence-electron chi connectivity index (χ0n) is 13.1. The molecule has 0 bridgehead atoms. The monoisotopic (exact) mass is 412 g/mol. The Morgan fingerprint density at radius 1 is 1.23 bits per heavy atom. The average molecular weight is 413 g/mol. The number of rotatable bonds is 4. The molecule has 0 radical (unpaired) electrons. The number of non-ortho nitro benzene ring substituents is 1. The summed E-state index contributed by atoms with van der Waals surface area (Å²) in [7, 11) is 0. The fourth-order valence-corrected chi connectivity index (χ4v) is 2.93. The SMILES string of the molecule is N#C/C(=C\c1ccc(-c2ccc([N+](=O)[O-])cc2Br)o1)c1cccc(F)c1. The van der Waals surface area contributed by atoms with Crippen LogP contribution in [0.25, 0.3) is 23.0 Å². The third-order valence-corrected chi connectivity index (χ3v) is 4.25. The second-order valence-corrected chi connectivity index (χ2v) is 6.16. The fraction of sp³-hybridized carbons (Fsp3) is 0. The van der Waals surface area contributed by atoms with Crippen LogP contribution in [0.15, 0.2) is 63.5 Å². The van der Waals surface area contributed by atoms with Crippen molar-refractivity contribution >= 4 is 33.3 Å². The summed E-state index contributed by atoms with van der Waals surface area (Å²) < 4.78 is 19.6. The first-order valence-corrected chi connectivity index (χ1v) is 8.19. The molecule has 3 rings (SSSR count). The van der Waals surface area contributed by atoms with Crippen LogP contribution in [0.4, 0.5) is 10.1 Å². The summed E-state index contributed by atoms with van der Waals surface area (Å²) in [5.74, 6) is 0.458. The minimum absolute atomic E-state index is 0.0369. The lowest BCUT2D eigenvalue weighted by atomic mass is 10.1. The summed E-state index contributed by atoms with van der Waals surface area (Å²) in [5, 5.41) is 20.1. The van der Waals surface area contributed by atoms with Crippen molar-refractivity contribution in [2.75, 3.05) is 0 Å². The van der Waals surface area contributed by atoms with Crippen LogP contribution >= 0.6 is 15.9 Å². The lowest BCUT2D eigenvalue weighted by Crippen LogP contribution is -1.88. The molecule has 0 amide bonds. The average Bonchev–Trinajstić information content (AvgIpc) is 3.07. The Morgan fingerprint density at radius 3 is 2.69 bits per heavy atom. The number of furan rings is 1. The molecule has 0 N–H and O–H groups in total. The summed E-state index contributed by atoms with van der Waals surface area (Å²) >= 11 is 3.30. The Labute approximate surface area is 156 Å². The van der Waals surface area contributed by atoms with Crippen molar-refractivity contribution < 1.29 is 13.7 Å². The molecule has 7 heteroatoms. The van der Waals surface area contributed by atoms with Gasteiger partial charge in [0.2, 0.25) is 0 Å². The summed E-state index contributed by atoms with van der Waals surface area (Å²) in [6, 6.07) is 15.5. The van der Waals surface area contributed by atoms with Crippen LogP contribution in [0.1, 0.15) is 11.3 Å². The van der Waals surface area contributed by atoms with Gasteiger partial charge in [-0.1, -0.05) is 12.1 Å². The molecule has 5 nitrogen and oxygen atoms in total. The molecule has 0 aliphatic heterocycles. The first-order valence-electron chi connectivity index (χ1n) is 7.40. The quantitative estimate of drug-likeness (QED) is 0.307. The highest BCUT2D eigenvalue weighted by Gasteiger charge is 2.13. The smallest absolute Gasteiger partial charge is 0.270 e. The molecular formula is C19H10BrFN2O3. The van der Waals surface area contributed by atoms with E-state index >= 15 is 0 Å². The van der Waals surface area contributed by atoms with E-state index in [0.717, 1.165) is 0 Å². The van der Waals surface area contributed by atoms with Crippen LogP contribution in [0.5, 0.6) is 0 Å². The van der Waals surface area contributed by atoms with E-state index in [1.165, 1.54) is 36.4 Å². The van der Waals surface area contributed by atoms with E-state index in [-0.39, 0.29) is 11.3 Å². The summed E-state index contributed by atoms with van der Waals surface area (Å²) in [6.45, 7) is 0. The summed E-state index contributed by atoms with van der Waals surface area (Å²) in [6.07, 6.45) is 1.51. The fourth-order valence-electron chi connectivity index (χ4n) is 2.37. The number of allylic oxidation sites excluding steroid dienone is 1. The van der Waals surface area contributed by atoms with Gasteiger partial charge < -0.3 is 4.42 Å². The van der Waals surface area contributed by atoms with Gasteiger partial charge in [0.25, 0.3) is 5.69 Å². The Balaban J connectivity index is 1.95. The normalized spacial score (nSPS) is 11.2. The maximum absolute atomic E-state index is 13.3. The summed E-state index contributed by atoms with van der Waals surface area (Å²) in [4.78, 5) is 10.3. The molecule has 0 spiro atoms. The maximum Gasteiger partial charge on any atom is 0.270 e. The Kier molecular flexibility index (Phi) is 4.96. The van der Waals surface area contributed by atoms with Crippen LogP contribution in [-0.4, -0.2) is 4.92 Å². The molecule has 0 fully saturated rings. The molecule has 0 unspecified atom stereocenters. The van der Waals surface area contributed by atoms with Crippen molar-refractivity contribution in [2.24, 2.45) is 0 Å². The number of nitro benzene ring substituents is 1. The Morgan fingerprint density at radius 2 is 2.04 bits per heavy atom. The minimum atomic E-state index is -0.483. The maximum atomic E-state index is 13.3. The molecule has 1 heterocycles. The Hall–Kier alpha value is -3.24. The number of hydrogen-bond acceptors (Lipinski definition) is 4. The third-order valence-electron chi connectivity index (χ3n) is 3.60. The lowest BCUT2D eigenvalue weighted by Gasteiger charge is -2.01. The van der Waals surface area contributed by atoms with Crippen LogP contribution < -0.4 is 0 Å². The molecule has 0 saturated carbocycles. The molecule has 2 aromatic carbocycles. The molecule has 0 atom stereocenters. The highest BCUT2D eigenvalue weighted by molar-refractivity contribution is 9.10. The second-order valence-electron chi connectivity index (χ2n) is 5.30. The van der Waals surface area contributed by atoms with Gasteiger partial charge in [0.05, 0.1) is 16.6 Å². The van der Waals surface area contributed by atoms with Crippen LogP contribution in [0.3, 0.4) is 0 Å². The molecule has 0 saturated heterocycles. The third kappa shape index (κ3) is 3.71. The number of nitro groups is 1. The lowest BCUT2D eigenvalue weighted by molar-refractivity contribution is -0.384. The van der Waals surface area contributed by atoms with Gasteiger partial charge in [0, 0.05) is 22.2 Å². The first kappa shape index (κ1) is 17.6. The van der Waals surface area contributed by atoms with Gasteiger partial charge in [0.1, 0.15) is 17.3 Å². The van der Waals surface area contributed by atoms with Gasteiger partial charge in [-0.2, -0.15) is 5.26 Å². The van der Waals surface area contributed by atoms with Gasteiger partial charge in [-0.15, -0.1) is 0 Å². The first-order chi connectivity index (χ1) is 12.5. The molecule has 0 aliphatic rings. The largest absolute Gasteiger partial charge is 0.457 e. The van der Waals surface area contributed by atoms with Gasteiger partial charge in [0.15, 0.2) is 0 Å². The molecule has 26 heavy (non-hydrogen) atoms. The molecule has 0 aliphatic carbocycles. The van der Waals surface area contributed by atoms with Crippen molar-refractivity contribution in [3.8, 4) is 17.4 Å².